The topological polar surface area (TPSA) is 58.6 Å². The molecule has 0 unspecified atom stereocenters. The number of esters is 1. The number of hydrogen-bond donors (Lipinski definition) is 1. The van der Waals surface area contributed by atoms with Crippen molar-refractivity contribution in [3.8, 4) is 0 Å². The average molecular weight is 312 g/mol. The zero-order chi connectivity index (χ0) is 16.6. The molecule has 2 heterocycles. The number of nitrogens with zero attached hydrogens (tertiary/aromatic N) is 1. The van der Waals surface area contributed by atoms with E-state index < -0.39 is 5.97 Å². The predicted molar refractivity (Wildman–Crippen MR) is 87.0 cm³/mol. The van der Waals surface area contributed by atoms with Gasteiger partial charge in [0.25, 0.3) is 5.91 Å². The molecule has 1 saturated heterocycles. The van der Waals surface area contributed by atoms with Crippen molar-refractivity contribution in [2.24, 2.45) is 5.41 Å². The maximum absolute atomic E-state index is 12.8. The van der Waals surface area contributed by atoms with Gasteiger partial charge in [-0.25, -0.2) is 4.79 Å². The third-order valence-corrected chi connectivity index (χ3v) is 4.10. The first-order valence-electron chi connectivity index (χ1n) is 7.58. The second-order valence-electron chi connectivity index (χ2n) is 6.58. The van der Waals surface area contributed by atoms with E-state index in [9.17, 15) is 9.59 Å². The summed E-state index contributed by atoms with van der Waals surface area (Å²) < 4.78 is 4.71. The summed E-state index contributed by atoms with van der Waals surface area (Å²) in [6.45, 7) is 5.60. The molecule has 0 aliphatic carbocycles. The zero-order valence-corrected chi connectivity index (χ0v) is 13.6. The van der Waals surface area contributed by atoms with E-state index in [0.29, 0.717) is 12.1 Å². The molecule has 120 valence electrons. The van der Waals surface area contributed by atoms with Crippen LogP contribution in [0.5, 0.6) is 0 Å². The van der Waals surface area contributed by atoms with Crippen LogP contribution in [0, 0.1) is 5.41 Å². The fourth-order valence-electron chi connectivity index (χ4n) is 2.97. The van der Waals surface area contributed by atoms with Crippen molar-refractivity contribution in [2.75, 3.05) is 20.2 Å². The van der Waals surface area contributed by atoms with Crippen LogP contribution in [0.1, 0.15) is 19.4 Å². The average Bonchev–Trinajstić information content (AvgIpc) is 2.79. The highest BCUT2D eigenvalue weighted by atomic mass is 16.5. The molecular formula is C18H20N2O3. The summed E-state index contributed by atoms with van der Waals surface area (Å²) in [5.74, 6) is 0.0849. The molecule has 0 saturated carbocycles. The number of carbonyl (C=O) groups is 2. The number of fused-ring (bicyclic) bond motifs is 1. The maximum atomic E-state index is 12.8. The Morgan fingerprint density at radius 3 is 2.65 bits per heavy atom. The monoisotopic (exact) mass is 312 g/mol. The Morgan fingerprint density at radius 2 is 2.00 bits per heavy atom. The Balaban J connectivity index is 2.14. The van der Waals surface area contributed by atoms with Crippen LogP contribution >= 0.6 is 0 Å². The van der Waals surface area contributed by atoms with E-state index in [1.807, 2.05) is 30.3 Å². The van der Waals surface area contributed by atoms with Crippen LogP contribution in [0.3, 0.4) is 0 Å². The standard InChI is InChI=1S/C18H20N2O3/c1-18(2)10-19-16-15(12-7-5-4-6-8-12)13(9-14(21)23-3)17(22)20(16)11-18/h4-9,19H,10-11H2,1-3H3/b13-9+. The minimum atomic E-state index is -0.526. The van der Waals surface area contributed by atoms with Gasteiger partial charge in [-0.3, -0.25) is 9.69 Å². The molecular weight excluding hydrogens is 292 g/mol. The highest BCUT2D eigenvalue weighted by Crippen LogP contribution is 2.39. The second-order valence-corrected chi connectivity index (χ2v) is 6.58. The molecule has 23 heavy (non-hydrogen) atoms. The quantitative estimate of drug-likeness (QED) is 0.669. The maximum Gasteiger partial charge on any atom is 0.331 e. The van der Waals surface area contributed by atoms with Crippen LogP contribution in [-0.2, 0) is 14.3 Å². The largest absolute Gasteiger partial charge is 0.466 e. The van der Waals surface area contributed by atoms with Crippen LogP contribution < -0.4 is 5.32 Å². The summed E-state index contributed by atoms with van der Waals surface area (Å²) >= 11 is 0. The highest BCUT2D eigenvalue weighted by Gasteiger charge is 2.42. The van der Waals surface area contributed by atoms with E-state index in [2.05, 4.69) is 19.2 Å². The van der Waals surface area contributed by atoms with Gasteiger partial charge in [-0.05, 0) is 5.56 Å². The van der Waals surface area contributed by atoms with Crippen molar-refractivity contribution in [3.63, 3.8) is 0 Å². The molecule has 2 aliphatic rings. The van der Waals surface area contributed by atoms with Crippen molar-refractivity contribution in [1.82, 2.24) is 10.2 Å². The lowest BCUT2D eigenvalue weighted by molar-refractivity contribution is -0.135. The molecule has 3 rings (SSSR count). The van der Waals surface area contributed by atoms with Gasteiger partial charge in [-0.2, -0.15) is 0 Å². The van der Waals surface area contributed by atoms with Crippen LogP contribution in [0.2, 0.25) is 0 Å². The van der Waals surface area contributed by atoms with E-state index >= 15 is 0 Å². The van der Waals surface area contributed by atoms with Gasteiger partial charge in [0, 0.05) is 30.2 Å². The number of methoxy groups -OCH3 is 1. The highest BCUT2D eigenvalue weighted by molar-refractivity contribution is 6.17. The van der Waals surface area contributed by atoms with Gasteiger partial charge in [-0.1, -0.05) is 44.2 Å². The van der Waals surface area contributed by atoms with Gasteiger partial charge < -0.3 is 10.1 Å². The molecule has 1 aromatic carbocycles. The summed E-state index contributed by atoms with van der Waals surface area (Å²) in [6, 6.07) is 9.62. The molecule has 2 aliphatic heterocycles. The lowest BCUT2D eigenvalue weighted by Gasteiger charge is -2.38. The summed E-state index contributed by atoms with van der Waals surface area (Å²) in [4.78, 5) is 26.3. The minimum absolute atomic E-state index is 0.0261. The van der Waals surface area contributed by atoms with Crippen molar-refractivity contribution in [3.05, 3.63) is 53.4 Å². The molecule has 5 heteroatoms. The van der Waals surface area contributed by atoms with Crippen LogP contribution in [0.25, 0.3) is 5.57 Å². The van der Waals surface area contributed by atoms with E-state index in [1.54, 1.807) is 4.90 Å². The van der Waals surface area contributed by atoms with Gasteiger partial charge in [0.2, 0.25) is 0 Å². The Labute approximate surface area is 135 Å². The summed E-state index contributed by atoms with van der Waals surface area (Å²) in [7, 11) is 1.31. The first kappa shape index (κ1) is 15.3. The molecule has 1 aromatic rings. The van der Waals surface area contributed by atoms with Gasteiger partial charge in [0.15, 0.2) is 0 Å². The number of carbonyl (C=O) groups excluding carboxylic acids is 2. The van der Waals surface area contributed by atoms with E-state index in [4.69, 9.17) is 4.74 Å². The minimum Gasteiger partial charge on any atom is -0.466 e. The lowest BCUT2D eigenvalue weighted by atomic mass is 9.91. The SMILES string of the molecule is COC(=O)/C=C1/C(=O)N2CC(C)(C)CNC2=C1c1ccccc1. The number of ether oxygens (including phenoxy) is 1. The smallest absolute Gasteiger partial charge is 0.331 e. The van der Waals surface area contributed by atoms with E-state index in [-0.39, 0.29) is 11.3 Å². The molecule has 0 aromatic heterocycles. The Bertz CT molecular complexity index is 717. The Hall–Kier alpha value is -2.56. The molecule has 0 atom stereocenters. The van der Waals surface area contributed by atoms with Crippen molar-refractivity contribution in [1.29, 1.82) is 0 Å². The van der Waals surface area contributed by atoms with Crippen LogP contribution in [0.15, 0.2) is 47.8 Å². The van der Waals surface area contributed by atoms with Crippen molar-refractivity contribution in [2.45, 2.75) is 13.8 Å². The fraction of sp³-hybridized carbons (Fsp3) is 0.333. The van der Waals surface area contributed by atoms with Gasteiger partial charge in [0.05, 0.1) is 12.7 Å². The van der Waals surface area contributed by atoms with Gasteiger partial charge in [-0.15, -0.1) is 0 Å². The Kier molecular flexibility index (Phi) is 3.72. The zero-order valence-electron chi connectivity index (χ0n) is 13.6. The molecule has 0 spiro atoms. The third kappa shape index (κ3) is 2.74. The predicted octanol–water partition coefficient (Wildman–Crippen LogP) is 1.93. The fourth-order valence-corrected chi connectivity index (χ4v) is 2.97. The molecule has 0 bridgehead atoms. The third-order valence-electron chi connectivity index (χ3n) is 4.10. The molecule has 5 nitrogen and oxygen atoms in total. The van der Waals surface area contributed by atoms with Crippen LogP contribution in [0.4, 0.5) is 0 Å². The number of nitrogens with one attached hydrogen (secondary N) is 1. The lowest BCUT2D eigenvalue weighted by Crippen LogP contribution is -2.49. The number of rotatable bonds is 2. The normalized spacial score (nSPS) is 21.3. The van der Waals surface area contributed by atoms with E-state index in [1.165, 1.54) is 13.2 Å². The first-order chi connectivity index (χ1) is 10.9. The number of benzene rings is 1. The molecule has 1 amide bonds. The van der Waals surface area contributed by atoms with Crippen LogP contribution in [-0.4, -0.2) is 37.0 Å². The number of hydrogen-bond acceptors (Lipinski definition) is 4. The Morgan fingerprint density at radius 1 is 1.30 bits per heavy atom. The van der Waals surface area contributed by atoms with Gasteiger partial charge >= 0.3 is 5.97 Å². The molecule has 0 radical (unpaired) electrons. The van der Waals surface area contributed by atoms with Gasteiger partial charge in [0.1, 0.15) is 5.82 Å². The van der Waals surface area contributed by atoms with E-state index in [0.717, 1.165) is 23.5 Å². The summed E-state index contributed by atoms with van der Waals surface area (Å²) in [5.41, 5.74) is 2.02. The first-order valence-corrected chi connectivity index (χ1v) is 7.58. The molecule has 1 N–H and O–H groups in total. The summed E-state index contributed by atoms with van der Waals surface area (Å²) in [6.07, 6.45) is 1.28. The van der Waals surface area contributed by atoms with Crippen molar-refractivity contribution >= 4 is 17.4 Å². The molecule has 1 fully saturated rings. The number of amides is 1. The summed E-state index contributed by atoms with van der Waals surface area (Å²) in [5, 5.41) is 3.36. The second kappa shape index (κ2) is 5.57. The van der Waals surface area contributed by atoms with Crippen molar-refractivity contribution < 1.29 is 14.3 Å².